The van der Waals surface area contributed by atoms with Crippen LogP contribution in [0, 0.1) is 20.8 Å². The third-order valence-corrected chi connectivity index (χ3v) is 9.07. The lowest BCUT2D eigenvalue weighted by Crippen LogP contribution is -2.38. The van der Waals surface area contributed by atoms with Crippen LogP contribution in [0.4, 0.5) is 0 Å². The quantitative estimate of drug-likeness (QED) is 0.475. The first kappa shape index (κ1) is 33.1. The normalized spacial score (nSPS) is 19.4. The van der Waals surface area contributed by atoms with Gasteiger partial charge in [0.15, 0.2) is 0 Å². The standard InChI is InChI=1S/C22H36N4O2.C10H14O.CH4O/c1-24-12-6-3-8-18(24)9-7-10-22(27)26-15-11-21-19(16-26)20(23-28-21)17-25-13-4-2-5-14-25;1-7-5-10(11-4)6-8(2)9(7)3;1-2/h18H,2-17H2,1H3;5-6H,1-4H3;2H,1H3. The number of hydrogen-bond donors (Lipinski definition) is 1. The molecule has 1 aromatic heterocycles. The van der Waals surface area contributed by atoms with Crippen LogP contribution in [0.3, 0.4) is 0 Å². The molecule has 1 N–H and O–H groups in total. The van der Waals surface area contributed by atoms with Gasteiger partial charge in [0, 0.05) is 44.6 Å². The number of aliphatic hydroxyl groups is 1. The van der Waals surface area contributed by atoms with Gasteiger partial charge in [0.05, 0.1) is 13.7 Å². The van der Waals surface area contributed by atoms with Crippen LogP contribution >= 0.6 is 0 Å². The molecule has 2 aromatic rings. The Balaban J connectivity index is 0.000000299. The number of rotatable bonds is 7. The number of ether oxygens (including phenoxy) is 1. The minimum absolute atomic E-state index is 0.300. The topological polar surface area (TPSA) is 82.3 Å². The summed E-state index contributed by atoms with van der Waals surface area (Å²) in [5.41, 5.74) is 6.17. The molecule has 0 aliphatic carbocycles. The van der Waals surface area contributed by atoms with Crippen molar-refractivity contribution in [1.82, 2.24) is 19.9 Å². The van der Waals surface area contributed by atoms with E-state index in [1.165, 1.54) is 67.3 Å². The molecule has 41 heavy (non-hydrogen) atoms. The van der Waals surface area contributed by atoms with Crippen molar-refractivity contribution in [2.24, 2.45) is 0 Å². The number of fused-ring (bicyclic) bond motifs is 1. The molecule has 0 bridgehead atoms. The van der Waals surface area contributed by atoms with E-state index in [4.69, 9.17) is 14.4 Å². The smallest absolute Gasteiger partial charge is 0.222 e. The number of aryl methyl sites for hydroxylation is 2. The van der Waals surface area contributed by atoms with Crippen molar-refractivity contribution in [3.63, 3.8) is 0 Å². The minimum atomic E-state index is 0.300. The van der Waals surface area contributed by atoms with Gasteiger partial charge < -0.3 is 24.2 Å². The van der Waals surface area contributed by atoms with Gasteiger partial charge in [-0.1, -0.05) is 18.0 Å². The average Bonchev–Trinajstić information content (AvgIpc) is 3.40. The van der Waals surface area contributed by atoms with E-state index >= 15 is 0 Å². The van der Waals surface area contributed by atoms with Gasteiger partial charge in [-0.3, -0.25) is 9.69 Å². The molecule has 1 unspecified atom stereocenters. The Kier molecular flexibility index (Phi) is 13.6. The molecule has 4 heterocycles. The zero-order valence-electron chi connectivity index (χ0n) is 26.5. The van der Waals surface area contributed by atoms with Crippen molar-refractivity contribution in [3.05, 3.63) is 45.8 Å². The highest BCUT2D eigenvalue weighted by Crippen LogP contribution is 2.26. The van der Waals surface area contributed by atoms with Crippen LogP contribution in [-0.2, 0) is 24.3 Å². The molecule has 3 aliphatic rings. The molecule has 8 nitrogen and oxygen atoms in total. The van der Waals surface area contributed by atoms with Crippen LogP contribution < -0.4 is 4.74 Å². The molecule has 1 amide bonds. The number of piperidine rings is 2. The van der Waals surface area contributed by atoms with Gasteiger partial charge >= 0.3 is 0 Å². The van der Waals surface area contributed by atoms with Gasteiger partial charge in [-0.05, 0) is 115 Å². The van der Waals surface area contributed by atoms with E-state index in [2.05, 4.69) is 54.9 Å². The van der Waals surface area contributed by atoms with Crippen LogP contribution in [-0.4, -0.2) is 84.4 Å². The van der Waals surface area contributed by atoms with Crippen molar-refractivity contribution >= 4 is 5.91 Å². The summed E-state index contributed by atoms with van der Waals surface area (Å²) in [5.74, 6) is 2.25. The highest BCUT2D eigenvalue weighted by molar-refractivity contribution is 5.76. The molecule has 5 rings (SSSR count). The van der Waals surface area contributed by atoms with Crippen LogP contribution in [0.2, 0.25) is 0 Å². The fraction of sp³-hybridized carbons (Fsp3) is 0.697. The summed E-state index contributed by atoms with van der Waals surface area (Å²) < 4.78 is 10.7. The van der Waals surface area contributed by atoms with Crippen LogP contribution in [0.1, 0.15) is 91.5 Å². The summed E-state index contributed by atoms with van der Waals surface area (Å²) in [4.78, 5) is 19.8. The summed E-state index contributed by atoms with van der Waals surface area (Å²) in [5, 5.41) is 11.4. The third kappa shape index (κ3) is 9.55. The number of benzene rings is 1. The molecule has 2 fully saturated rings. The van der Waals surface area contributed by atoms with E-state index in [-0.39, 0.29) is 0 Å². The maximum absolute atomic E-state index is 12.8. The van der Waals surface area contributed by atoms with Crippen molar-refractivity contribution in [3.8, 4) is 5.75 Å². The Labute approximate surface area is 248 Å². The zero-order chi connectivity index (χ0) is 29.8. The van der Waals surface area contributed by atoms with E-state index < -0.39 is 0 Å². The van der Waals surface area contributed by atoms with Crippen molar-refractivity contribution in [2.75, 3.05) is 47.4 Å². The van der Waals surface area contributed by atoms with E-state index in [1.54, 1.807) is 7.11 Å². The number of methoxy groups -OCH3 is 1. The Morgan fingerprint density at radius 2 is 1.71 bits per heavy atom. The number of carbonyl (C=O) groups is 1. The predicted octanol–water partition coefficient (Wildman–Crippen LogP) is 5.43. The Morgan fingerprint density at radius 1 is 1.02 bits per heavy atom. The molecule has 0 saturated carbocycles. The minimum Gasteiger partial charge on any atom is -0.497 e. The van der Waals surface area contributed by atoms with Gasteiger partial charge in [0.1, 0.15) is 17.2 Å². The summed E-state index contributed by atoms with van der Waals surface area (Å²) in [6.07, 6.45) is 11.5. The first-order valence-corrected chi connectivity index (χ1v) is 15.6. The molecule has 0 spiro atoms. The summed E-state index contributed by atoms with van der Waals surface area (Å²) >= 11 is 0. The number of nitrogens with zero attached hydrogens (tertiary/aromatic N) is 4. The lowest BCUT2D eigenvalue weighted by atomic mass is 9.97. The molecular weight excluding hydrogens is 516 g/mol. The molecule has 8 heteroatoms. The van der Waals surface area contributed by atoms with Crippen molar-refractivity contribution in [1.29, 1.82) is 0 Å². The molecule has 0 radical (unpaired) electrons. The van der Waals surface area contributed by atoms with Gasteiger partial charge in [0.2, 0.25) is 5.91 Å². The van der Waals surface area contributed by atoms with Crippen LogP contribution in [0.25, 0.3) is 0 Å². The first-order chi connectivity index (χ1) is 19.9. The maximum atomic E-state index is 12.8. The predicted molar refractivity (Wildman–Crippen MR) is 164 cm³/mol. The van der Waals surface area contributed by atoms with Gasteiger partial charge in [-0.15, -0.1) is 0 Å². The van der Waals surface area contributed by atoms with Crippen molar-refractivity contribution in [2.45, 2.75) is 104 Å². The second-order valence-electron chi connectivity index (χ2n) is 11.8. The Hall–Kier alpha value is -2.42. The lowest BCUT2D eigenvalue weighted by Gasteiger charge is -2.32. The SMILES string of the molecule is CN1CCCCC1CCCC(=O)N1CCc2onc(CN3CCCCC3)c2C1.CO.COc1cc(C)c(C)c(C)c1. The highest BCUT2D eigenvalue weighted by Gasteiger charge is 2.28. The van der Waals surface area contributed by atoms with Gasteiger partial charge in [-0.2, -0.15) is 0 Å². The summed E-state index contributed by atoms with van der Waals surface area (Å²) in [7, 11) is 4.93. The maximum Gasteiger partial charge on any atom is 0.222 e. The Bertz CT molecular complexity index is 1060. The summed E-state index contributed by atoms with van der Waals surface area (Å²) in [6, 6.07) is 4.79. The summed E-state index contributed by atoms with van der Waals surface area (Å²) in [6.45, 7) is 12.2. The average molecular weight is 571 g/mol. The number of aromatic nitrogens is 1. The van der Waals surface area contributed by atoms with Crippen LogP contribution in [0.15, 0.2) is 16.7 Å². The largest absolute Gasteiger partial charge is 0.497 e. The molecule has 230 valence electrons. The molecule has 2 saturated heterocycles. The second kappa shape index (κ2) is 16.9. The monoisotopic (exact) mass is 570 g/mol. The highest BCUT2D eigenvalue weighted by atomic mass is 16.5. The van der Waals surface area contributed by atoms with Gasteiger partial charge in [0.25, 0.3) is 0 Å². The van der Waals surface area contributed by atoms with E-state index in [0.717, 1.165) is 69.8 Å². The fourth-order valence-corrected chi connectivity index (χ4v) is 6.20. The van der Waals surface area contributed by atoms with Crippen molar-refractivity contribution < 1.29 is 19.2 Å². The zero-order valence-corrected chi connectivity index (χ0v) is 26.5. The number of hydrogen-bond acceptors (Lipinski definition) is 7. The third-order valence-electron chi connectivity index (χ3n) is 9.07. The van der Waals surface area contributed by atoms with E-state index in [9.17, 15) is 4.79 Å². The molecule has 3 aliphatic heterocycles. The van der Waals surface area contributed by atoms with Gasteiger partial charge in [-0.25, -0.2) is 0 Å². The number of aliphatic hydroxyl groups excluding tert-OH is 1. The lowest BCUT2D eigenvalue weighted by molar-refractivity contribution is -0.132. The molecule has 1 aromatic carbocycles. The molecule has 1 atom stereocenters. The number of amides is 1. The number of likely N-dealkylation sites (tertiary alicyclic amines) is 2. The number of carbonyl (C=O) groups excluding carboxylic acids is 1. The second-order valence-corrected chi connectivity index (χ2v) is 11.8. The van der Waals surface area contributed by atoms with Crippen LogP contribution in [0.5, 0.6) is 5.75 Å². The Morgan fingerprint density at radius 3 is 2.37 bits per heavy atom. The van der Waals surface area contributed by atoms with E-state index in [0.29, 0.717) is 24.9 Å². The van der Waals surface area contributed by atoms with E-state index in [1.807, 2.05) is 4.90 Å². The fourth-order valence-electron chi connectivity index (χ4n) is 6.20. The molecular formula is C33H54N4O4. The first-order valence-electron chi connectivity index (χ1n) is 15.6.